The van der Waals surface area contributed by atoms with E-state index >= 15 is 0 Å². The fourth-order valence-corrected chi connectivity index (χ4v) is 3.85. The maximum Gasteiger partial charge on any atom is 0.280 e. The minimum absolute atomic E-state index is 0.233. The van der Waals surface area contributed by atoms with E-state index in [2.05, 4.69) is 5.10 Å². The Hall–Kier alpha value is -2.79. The van der Waals surface area contributed by atoms with Gasteiger partial charge in [-0.2, -0.15) is 10.1 Å². The van der Waals surface area contributed by atoms with Crippen molar-refractivity contribution in [2.45, 2.75) is 13.5 Å². The number of benzene rings is 3. The highest BCUT2D eigenvalue weighted by molar-refractivity contribution is 6.36. The number of ether oxygens (including phenoxy) is 1. The molecule has 156 valence electrons. The quantitative estimate of drug-likeness (QED) is 0.375. The van der Waals surface area contributed by atoms with Gasteiger partial charge in [-0.25, -0.2) is 0 Å². The van der Waals surface area contributed by atoms with Crippen molar-refractivity contribution < 1.29 is 9.53 Å². The maximum absolute atomic E-state index is 13.0. The lowest BCUT2D eigenvalue weighted by Crippen LogP contribution is -2.21. The average molecular weight is 472 g/mol. The summed E-state index contributed by atoms with van der Waals surface area (Å²) in [5.74, 6) is 0.204. The number of amides is 1. The fraction of sp³-hybridized carbons (Fsp3) is 0.0833. The van der Waals surface area contributed by atoms with Crippen molar-refractivity contribution in [3.63, 3.8) is 0 Å². The van der Waals surface area contributed by atoms with Gasteiger partial charge in [0, 0.05) is 15.6 Å². The van der Waals surface area contributed by atoms with Gasteiger partial charge >= 0.3 is 0 Å². The van der Waals surface area contributed by atoms with Gasteiger partial charge < -0.3 is 4.74 Å². The zero-order valence-electron chi connectivity index (χ0n) is 16.5. The summed E-state index contributed by atoms with van der Waals surface area (Å²) in [5, 5.41) is 7.23. The third-order valence-electron chi connectivity index (χ3n) is 4.70. The van der Waals surface area contributed by atoms with Crippen molar-refractivity contribution in [3.8, 4) is 5.75 Å². The van der Waals surface area contributed by atoms with E-state index in [1.807, 2.05) is 42.5 Å². The molecule has 0 saturated carbocycles. The van der Waals surface area contributed by atoms with Gasteiger partial charge in [0.2, 0.25) is 0 Å². The number of hydrazone groups is 1. The Morgan fingerprint density at radius 1 is 0.968 bits per heavy atom. The normalized spacial score (nSPS) is 14.8. The first-order chi connectivity index (χ1) is 14.9. The van der Waals surface area contributed by atoms with E-state index in [9.17, 15) is 4.79 Å². The van der Waals surface area contributed by atoms with Crippen LogP contribution in [-0.4, -0.2) is 11.6 Å². The number of hydrogen-bond donors (Lipinski definition) is 0. The zero-order chi connectivity index (χ0) is 22.0. The third-order valence-corrected chi connectivity index (χ3v) is 5.45. The molecule has 31 heavy (non-hydrogen) atoms. The second-order valence-electron chi connectivity index (χ2n) is 6.92. The molecule has 4 rings (SSSR count). The Morgan fingerprint density at radius 2 is 1.68 bits per heavy atom. The summed E-state index contributed by atoms with van der Waals surface area (Å²) >= 11 is 18.6. The number of anilines is 1. The van der Waals surface area contributed by atoms with Crippen molar-refractivity contribution in [2.24, 2.45) is 5.10 Å². The smallest absolute Gasteiger partial charge is 0.280 e. The van der Waals surface area contributed by atoms with Gasteiger partial charge in [0.25, 0.3) is 5.91 Å². The number of hydrogen-bond acceptors (Lipinski definition) is 3. The lowest BCUT2D eigenvalue weighted by Gasteiger charge is -2.13. The van der Waals surface area contributed by atoms with Crippen molar-refractivity contribution >= 4 is 58.2 Å². The summed E-state index contributed by atoms with van der Waals surface area (Å²) in [5.41, 5.74) is 3.25. The molecule has 0 unspecified atom stereocenters. The van der Waals surface area contributed by atoms with Gasteiger partial charge in [0.05, 0.1) is 22.0 Å². The predicted octanol–water partition coefficient (Wildman–Crippen LogP) is 7.03. The Labute approximate surface area is 195 Å². The molecular formula is C24H17Cl3N2O2. The highest BCUT2D eigenvalue weighted by Gasteiger charge is 2.29. The van der Waals surface area contributed by atoms with Gasteiger partial charge in [-0.3, -0.25) is 4.79 Å². The van der Waals surface area contributed by atoms with E-state index in [1.165, 1.54) is 5.01 Å². The van der Waals surface area contributed by atoms with Crippen molar-refractivity contribution in [1.29, 1.82) is 0 Å². The topological polar surface area (TPSA) is 41.9 Å². The molecule has 0 N–H and O–H groups in total. The first-order valence-corrected chi connectivity index (χ1v) is 10.6. The number of carbonyl (C=O) groups is 1. The molecule has 3 aromatic rings. The SMILES string of the molecule is CC1=NN(c2ccccc2)C(=O)/C1=C/c1cc(Cl)cc(Cl)c1OCc1ccc(Cl)cc1. The van der Waals surface area contributed by atoms with Crippen LogP contribution in [0.2, 0.25) is 15.1 Å². The zero-order valence-corrected chi connectivity index (χ0v) is 18.7. The van der Waals surface area contributed by atoms with Crippen LogP contribution in [0.25, 0.3) is 6.08 Å². The van der Waals surface area contributed by atoms with Crippen LogP contribution in [0.15, 0.2) is 77.4 Å². The molecule has 0 bridgehead atoms. The van der Waals surface area contributed by atoms with Crippen LogP contribution < -0.4 is 9.75 Å². The van der Waals surface area contributed by atoms with E-state index in [0.29, 0.717) is 43.4 Å². The largest absolute Gasteiger partial charge is 0.487 e. The van der Waals surface area contributed by atoms with Crippen LogP contribution in [0.4, 0.5) is 5.69 Å². The Balaban J connectivity index is 1.66. The van der Waals surface area contributed by atoms with Crippen LogP contribution in [0.1, 0.15) is 18.1 Å². The first kappa shape index (κ1) is 21.4. The number of halogens is 3. The molecule has 0 radical (unpaired) electrons. The Morgan fingerprint density at radius 3 is 2.39 bits per heavy atom. The molecule has 0 saturated heterocycles. The molecular weight excluding hydrogens is 455 g/mol. The molecule has 1 amide bonds. The average Bonchev–Trinajstić information content (AvgIpc) is 3.03. The number of rotatable bonds is 5. The van der Waals surface area contributed by atoms with E-state index in [-0.39, 0.29) is 12.5 Å². The maximum atomic E-state index is 13.0. The van der Waals surface area contributed by atoms with Gasteiger partial charge in [0.15, 0.2) is 0 Å². The molecule has 1 aliphatic rings. The fourth-order valence-electron chi connectivity index (χ4n) is 3.16. The third kappa shape index (κ3) is 4.77. The molecule has 4 nitrogen and oxygen atoms in total. The number of carbonyl (C=O) groups excluding carboxylic acids is 1. The van der Waals surface area contributed by atoms with Crippen molar-refractivity contribution in [2.75, 3.05) is 5.01 Å². The van der Waals surface area contributed by atoms with Crippen molar-refractivity contribution in [1.82, 2.24) is 0 Å². The van der Waals surface area contributed by atoms with Crippen LogP contribution in [0.3, 0.4) is 0 Å². The van der Waals surface area contributed by atoms with Crippen LogP contribution in [0.5, 0.6) is 5.75 Å². The molecule has 1 heterocycles. The summed E-state index contributed by atoms with van der Waals surface area (Å²) < 4.78 is 6.00. The van der Waals surface area contributed by atoms with Gasteiger partial charge in [-0.05, 0) is 55.0 Å². The number of nitrogens with zero attached hydrogens (tertiary/aromatic N) is 2. The summed E-state index contributed by atoms with van der Waals surface area (Å²) in [6.45, 7) is 2.07. The second kappa shape index (κ2) is 9.15. The van der Waals surface area contributed by atoms with Crippen LogP contribution >= 0.6 is 34.8 Å². The number of para-hydroxylation sites is 1. The monoisotopic (exact) mass is 470 g/mol. The van der Waals surface area contributed by atoms with E-state index in [4.69, 9.17) is 39.5 Å². The van der Waals surface area contributed by atoms with E-state index in [1.54, 1.807) is 37.3 Å². The molecule has 0 aliphatic carbocycles. The summed E-state index contributed by atoms with van der Waals surface area (Å²) in [6.07, 6.45) is 1.71. The van der Waals surface area contributed by atoms with Gasteiger partial charge in [-0.15, -0.1) is 0 Å². The van der Waals surface area contributed by atoms with Gasteiger partial charge in [-0.1, -0.05) is 65.1 Å². The standard InChI is InChI=1S/C24H17Cl3N2O2/c1-15-21(24(30)29(28-15)20-5-3-2-4-6-20)12-17-11-19(26)13-22(27)23(17)31-14-16-7-9-18(25)10-8-16/h2-13H,14H2,1H3/b21-12+. The predicted molar refractivity (Wildman–Crippen MR) is 127 cm³/mol. The van der Waals surface area contributed by atoms with Gasteiger partial charge in [0.1, 0.15) is 12.4 Å². The molecule has 1 aliphatic heterocycles. The minimum atomic E-state index is -0.233. The first-order valence-electron chi connectivity index (χ1n) is 9.45. The van der Waals surface area contributed by atoms with E-state index in [0.717, 1.165) is 5.56 Å². The molecule has 3 aromatic carbocycles. The highest BCUT2D eigenvalue weighted by Crippen LogP contribution is 2.36. The van der Waals surface area contributed by atoms with Crippen LogP contribution in [0, 0.1) is 0 Å². The highest BCUT2D eigenvalue weighted by atomic mass is 35.5. The molecule has 0 aromatic heterocycles. The Kier molecular flexibility index (Phi) is 6.33. The summed E-state index contributed by atoms with van der Waals surface area (Å²) in [6, 6.07) is 19.9. The van der Waals surface area contributed by atoms with E-state index < -0.39 is 0 Å². The molecule has 0 fully saturated rings. The van der Waals surface area contributed by atoms with Crippen LogP contribution in [-0.2, 0) is 11.4 Å². The minimum Gasteiger partial charge on any atom is -0.487 e. The molecule has 0 spiro atoms. The Bertz CT molecular complexity index is 1190. The second-order valence-corrected chi connectivity index (χ2v) is 8.20. The lowest BCUT2D eigenvalue weighted by molar-refractivity contribution is -0.114. The van der Waals surface area contributed by atoms with Crippen molar-refractivity contribution in [3.05, 3.63) is 98.5 Å². The molecule has 7 heteroatoms. The molecule has 0 atom stereocenters. The lowest BCUT2D eigenvalue weighted by atomic mass is 10.1. The summed E-state index contributed by atoms with van der Waals surface area (Å²) in [4.78, 5) is 13.0. The summed E-state index contributed by atoms with van der Waals surface area (Å²) in [7, 11) is 0.